The van der Waals surface area contributed by atoms with Gasteiger partial charge < -0.3 is 9.73 Å². The normalized spacial score (nSPS) is 11.5. The number of aliphatic imine (C=N–C) groups is 1. The van der Waals surface area contributed by atoms with Gasteiger partial charge in [0.1, 0.15) is 0 Å². The molecule has 9 heteroatoms. The van der Waals surface area contributed by atoms with Crippen molar-refractivity contribution in [1.82, 2.24) is 10.3 Å². The minimum absolute atomic E-state index is 0.162. The largest absolute Gasteiger partial charge is 0.417 e. The lowest BCUT2D eigenvalue weighted by Gasteiger charge is -2.12. The van der Waals surface area contributed by atoms with E-state index in [1.165, 1.54) is 0 Å². The third-order valence-corrected chi connectivity index (χ3v) is 4.56. The van der Waals surface area contributed by atoms with Gasteiger partial charge in [-0.25, -0.2) is 9.79 Å². The minimum atomic E-state index is -0.556. The van der Waals surface area contributed by atoms with E-state index in [0.29, 0.717) is 38.1 Å². The SMILES string of the molecule is O=C(NC(=Nc1ccc2[nH]c(=O)oc2c1)Nc1cccc(Cl)c1)c1ccc(Cl)cc1. The molecule has 1 amide bonds. The summed E-state index contributed by atoms with van der Waals surface area (Å²) in [7, 11) is 0. The summed E-state index contributed by atoms with van der Waals surface area (Å²) in [5, 5.41) is 6.83. The molecule has 0 bridgehead atoms. The van der Waals surface area contributed by atoms with Crippen LogP contribution in [-0.2, 0) is 0 Å². The molecule has 0 unspecified atom stereocenters. The highest BCUT2D eigenvalue weighted by Gasteiger charge is 2.11. The van der Waals surface area contributed by atoms with Gasteiger partial charge in [0.05, 0.1) is 11.2 Å². The maximum absolute atomic E-state index is 12.7. The molecule has 0 fully saturated rings. The second kappa shape index (κ2) is 8.44. The molecule has 0 aliphatic heterocycles. The molecule has 3 aromatic carbocycles. The summed E-state index contributed by atoms with van der Waals surface area (Å²) in [4.78, 5) is 31.1. The highest BCUT2D eigenvalue weighted by molar-refractivity contribution is 6.31. The number of guanidine groups is 1. The van der Waals surface area contributed by atoms with Crippen molar-refractivity contribution < 1.29 is 9.21 Å². The van der Waals surface area contributed by atoms with Crippen LogP contribution in [0, 0.1) is 0 Å². The standard InChI is InChI=1S/C21H14Cl2N4O3/c22-13-6-4-12(5-7-13)19(28)27-20(24-15-3-1-2-14(23)10-15)25-16-8-9-17-18(11-16)30-21(29)26-17/h1-11H,(H,26,29)(H2,24,25,27,28). The highest BCUT2D eigenvalue weighted by atomic mass is 35.5. The third kappa shape index (κ3) is 4.71. The van der Waals surface area contributed by atoms with Crippen LogP contribution in [0.15, 0.2) is 80.9 Å². The number of amides is 1. The Bertz CT molecular complexity index is 1310. The van der Waals surface area contributed by atoms with Crippen molar-refractivity contribution in [1.29, 1.82) is 0 Å². The number of rotatable bonds is 3. The first kappa shape index (κ1) is 19.8. The summed E-state index contributed by atoms with van der Waals surface area (Å²) < 4.78 is 5.07. The first-order valence-electron chi connectivity index (χ1n) is 8.77. The van der Waals surface area contributed by atoms with E-state index in [9.17, 15) is 9.59 Å². The van der Waals surface area contributed by atoms with Crippen LogP contribution in [0.5, 0.6) is 0 Å². The summed E-state index contributed by atoms with van der Waals surface area (Å²) in [5.74, 6) is -0.775. The Morgan fingerprint density at radius 3 is 2.53 bits per heavy atom. The maximum atomic E-state index is 12.7. The van der Waals surface area contributed by atoms with Crippen molar-refractivity contribution in [3.63, 3.8) is 0 Å². The minimum Gasteiger partial charge on any atom is -0.408 e. The van der Waals surface area contributed by atoms with E-state index < -0.39 is 5.76 Å². The Hall–Kier alpha value is -3.55. The molecule has 0 saturated carbocycles. The van der Waals surface area contributed by atoms with Crippen LogP contribution in [0.3, 0.4) is 0 Å². The second-order valence-electron chi connectivity index (χ2n) is 6.25. The molecule has 0 atom stereocenters. The Morgan fingerprint density at radius 2 is 1.77 bits per heavy atom. The molecule has 4 rings (SSSR count). The summed E-state index contributed by atoms with van der Waals surface area (Å²) in [6, 6.07) is 18.4. The predicted octanol–water partition coefficient (Wildman–Crippen LogP) is 4.96. The number of fused-ring (bicyclic) bond motifs is 1. The average Bonchev–Trinajstić information content (AvgIpc) is 3.07. The van der Waals surface area contributed by atoms with Crippen LogP contribution in [0.25, 0.3) is 11.1 Å². The van der Waals surface area contributed by atoms with Gasteiger partial charge >= 0.3 is 5.76 Å². The van der Waals surface area contributed by atoms with Gasteiger partial charge in [0, 0.05) is 27.4 Å². The number of anilines is 1. The molecule has 0 aliphatic rings. The van der Waals surface area contributed by atoms with Crippen molar-refractivity contribution >= 4 is 57.5 Å². The third-order valence-electron chi connectivity index (χ3n) is 4.07. The van der Waals surface area contributed by atoms with Crippen LogP contribution in [0.4, 0.5) is 11.4 Å². The van der Waals surface area contributed by atoms with Gasteiger partial charge in [-0.05, 0) is 54.6 Å². The lowest BCUT2D eigenvalue weighted by molar-refractivity contribution is 0.0977. The van der Waals surface area contributed by atoms with E-state index in [2.05, 4.69) is 20.6 Å². The van der Waals surface area contributed by atoms with Crippen LogP contribution in [0.2, 0.25) is 10.0 Å². The lowest BCUT2D eigenvalue weighted by Crippen LogP contribution is -2.35. The number of hydrogen-bond donors (Lipinski definition) is 3. The van der Waals surface area contributed by atoms with E-state index in [1.54, 1.807) is 66.7 Å². The van der Waals surface area contributed by atoms with Gasteiger partial charge in [-0.15, -0.1) is 0 Å². The van der Waals surface area contributed by atoms with Crippen molar-refractivity contribution in [2.45, 2.75) is 0 Å². The first-order chi connectivity index (χ1) is 14.5. The molecule has 3 N–H and O–H groups in total. The smallest absolute Gasteiger partial charge is 0.408 e. The zero-order valence-electron chi connectivity index (χ0n) is 15.3. The molecule has 1 heterocycles. The van der Waals surface area contributed by atoms with Crippen LogP contribution in [0.1, 0.15) is 10.4 Å². The second-order valence-corrected chi connectivity index (χ2v) is 7.12. The molecule has 150 valence electrons. The molecule has 0 saturated heterocycles. The molecule has 4 aromatic rings. The molecule has 7 nitrogen and oxygen atoms in total. The average molecular weight is 441 g/mol. The molecular formula is C21H14Cl2N4O3. The van der Waals surface area contributed by atoms with Gasteiger partial charge in [0.2, 0.25) is 5.96 Å². The van der Waals surface area contributed by atoms with Crippen molar-refractivity contribution in [2.75, 3.05) is 5.32 Å². The number of nitrogens with one attached hydrogen (secondary N) is 3. The number of oxazole rings is 1. The van der Waals surface area contributed by atoms with Crippen LogP contribution < -0.4 is 16.4 Å². The van der Waals surface area contributed by atoms with Gasteiger partial charge in [0.25, 0.3) is 5.91 Å². The zero-order valence-corrected chi connectivity index (χ0v) is 16.8. The van der Waals surface area contributed by atoms with Gasteiger partial charge in [-0.2, -0.15) is 0 Å². The van der Waals surface area contributed by atoms with Crippen molar-refractivity contribution in [2.24, 2.45) is 4.99 Å². The van der Waals surface area contributed by atoms with Gasteiger partial charge in [0.15, 0.2) is 5.58 Å². The Kier molecular flexibility index (Phi) is 5.56. The number of halogens is 2. The number of carbonyl (C=O) groups is 1. The molecular weight excluding hydrogens is 427 g/mol. The maximum Gasteiger partial charge on any atom is 0.417 e. The predicted molar refractivity (Wildman–Crippen MR) is 118 cm³/mol. The first-order valence-corrected chi connectivity index (χ1v) is 9.53. The van der Waals surface area contributed by atoms with Crippen LogP contribution in [-0.4, -0.2) is 16.9 Å². The van der Waals surface area contributed by atoms with Crippen molar-refractivity contribution in [3.8, 4) is 0 Å². The summed E-state index contributed by atoms with van der Waals surface area (Å²) in [6.07, 6.45) is 0. The summed E-state index contributed by atoms with van der Waals surface area (Å²) in [6.45, 7) is 0. The fourth-order valence-electron chi connectivity index (χ4n) is 2.70. The van der Waals surface area contributed by atoms with Crippen molar-refractivity contribution in [3.05, 3.63) is 92.9 Å². The summed E-state index contributed by atoms with van der Waals surface area (Å²) in [5.41, 5.74) is 2.41. The highest BCUT2D eigenvalue weighted by Crippen LogP contribution is 2.20. The fourth-order valence-corrected chi connectivity index (χ4v) is 3.02. The van der Waals surface area contributed by atoms with E-state index in [4.69, 9.17) is 27.6 Å². The Labute approximate surface area is 180 Å². The Morgan fingerprint density at radius 1 is 0.967 bits per heavy atom. The van der Waals surface area contributed by atoms with Gasteiger partial charge in [-0.3, -0.25) is 15.1 Å². The molecule has 30 heavy (non-hydrogen) atoms. The quantitative estimate of drug-likeness (QED) is 0.309. The molecule has 1 aromatic heterocycles. The number of benzene rings is 3. The topological polar surface area (TPSA) is 99.5 Å². The number of nitrogens with zero attached hydrogens (tertiary/aromatic N) is 1. The molecule has 0 spiro atoms. The summed E-state index contributed by atoms with van der Waals surface area (Å²) >= 11 is 11.9. The monoisotopic (exact) mass is 440 g/mol. The van der Waals surface area contributed by atoms with E-state index >= 15 is 0 Å². The zero-order chi connectivity index (χ0) is 21.1. The van der Waals surface area contributed by atoms with E-state index in [0.717, 1.165) is 0 Å². The Balaban J connectivity index is 1.67. The van der Waals surface area contributed by atoms with Crippen LogP contribution >= 0.6 is 23.2 Å². The molecule has 0 aliphatic carbocycles. The van der Waals surface area contributed by atoms with Gasteiger partial charge in [-0.1, -0.05) is 29.3 Å². The number of aromatic amines is 1. The van der Waals surface area contributed by atoms with E-state index in [-0.39, 0.29) is 11.9 Å². The number of aromatic nitrogens is 1. The number of carbonyl (C=O) groups excluding carboxylic acids is 1. The number of H-pyrrole nitrogens is 1. The molecule has 0 radical (unpaired) electrons. The number of hydrogen-bond acceptors (Lipinski definition) is 4. The fraction of sp³-hybridized carbons (Fsp3) is 0. The lowest BCUT2D eigenvalue weighted by atomic mass is 10.2. The van der Waals surface area contributed by atoms with E-state index in [1.807, 2.05) is 0 Å².